The van der Waals surface area contributed by atoms with Crippen LogP contribution in [0.4, 0.5) is 5.69 Å². The molecule has 1 aliphatic rings. The number of fused-ring (bicyclic) bond motifs is 1. The number of unbranched alkanes of at least 4 members (excludes halogenated alkanes) is 2. The Morgan fingerprint density at radius 3 is 2.67 bits per heavy atom. The van der Waals surface area contributed by atoms with Crippen molar-refractivity contribution < 1.29 is 0 Å². The lowest BCUT2D eigenvalue weighted by molar-refractivity contribution is 0.588. The number of allylic oxidation sites excluding steroid dienone is 4. The van der Waals surface area contributed by atoms with Gasteiger partial charge in [-0.3, -0.25) is 9.20 Å². The lowest BCUT2D eigenvalue weighted by atomic mass is 9.98. The molecule has 0 radical (unpaired) electrons. The summed E-state index contributed by atoms with van der Waals surface area (Å²) in [6.45, 7) is 12.7. The van der Waals surface area contributed by atoms with E-state index in [2.05, 4.69) is 49.2 Å². The quantitative estimate of drug-likeness (QED) is 0.509. The summed E-state index contributed by atoms with van der Waals surface area (Å²) in [7, 11) is 0. The highest BCUT2D eigenvalue weighted by atomic mass is 16.1. The van der Waals surface area contributed by atoms with E-state index in [1.165, 1.54) is 12.0 Å². The van der Waals surface area contributed by atoms with Crippen LogP contribution in [0.5, 0.6) is 0 Å². The lowest BCUT2D eigenvalue weighted by Crippen LogP contribution is -2.43. The minimum atomic E-state index is -0.0214. The Morgan fingerprint density at radius 2 is 1.93 bits per heavy atom. The fourth-order valence-corrected chi connectivity index (χ4v) is 3.80. The summed E-state index contributed by atoms with van der Waals surface area (Å²) >= 11 is 0. The zero-order valence-corrected chi connectivity index (χ0v) is 18.9. The Morgan fingerprint density at radius 1 is 1.20 bits per heavy atom. The third kappa shape index (κ3) is 5.60. The second kappa shape index (κ2) is 10.6. The molecule has 2 aromatic heterocycles. The van der Waals surface area contributed by atoms with E-state index >= 15 is 0 Å². The maximum atomic E-state index is 12.7. The highest BCUT2D eigenvalue weighted by Gasteiger charge is 2.12. The number of anilines is 1. The lowest BCUT2D eigenvalue weighted by Gasteiger charge is -2.29. The zero-order valence-electron chi connectivity index (χ0n) is 18.9. The minimum Gasteiger partial charge on any atom is -0.368 e. The van der Waals surface area contributed by atoms with Crippen LogP contribution < -0.4 is 15.8 Å². The van der Waals surface area contributed by atoms with Crippen molar-refractivity contribution in [2.75, 3.05) is 31.1 Å². The molecule has 162 valence electrons. The van der Waals surface area contributed by atoms with Gasteiger partial charge in [0, 0.05) is 38.4 Å². The van der Waals surface area contributed by atoms with Crippen LogP contribution in [0.25, 0.3) is 11.2 Å². The number of hydrogen-bond donors (Lipinski definition) is 1. The van der Waals surface area contributed by atoms with E-state index in [0.29, 0.717) is 11.6 Å². The van der Waals surface area contributed by atoms with E-state index in [-0.39, 0.29) is 5.56 Å². The van der Waals surface area contributed by atoms with Crippen molar-refractivity contribution in [1.82, 2.24) is 14.7 Å². The van der Waals surface area contributed by atoms with Crippen molar-refractivity contribution in [1.29, 1.82) is 0 Å². The molecule has 0 saturated carbocycles. The smallest absolute Gasteiger partial charge is 0.258 e. The molecule has 0 bridgehead atoms. The Hall–Kier alpha value is -2.40. The maximum absolute atomic E-state index is 12.7. The summed E-state index contributed by atoms with van der Waals surface area (Å²) in [6.07, 6.45) is 10.9. The van der Waals surface area contributed by atoms with E-state index in [1.54, 1.807) is 10.5 Å². The van der Waals surface area contributed by atoms with Crippen molar-refractivity contribution >= 4 is 16.9 Å². The minimum absolute atomic E-state index is 0.0214. The van der Waals surface area contributed by atoms with E-state index in [9.17, 15) is 4.79 Å². The number of hydrogen-bond acceptors (Lipinski definition) is 4. The molecule has 3 rings (SSSR count). The molecule has 3 heterocycles. The molecular weight excluding hydrogens is 372 g/mol. The predicted octanol–water partition coefficient (Wildman–Crippen LogP) is 4.67. The molecule has 0 aromatic carbocycles. The first kappa shape index (κ1) is 22.3. The second-order valence-electron chi connectivity index (χ2n) is 8.41. The molecule has 30 heavy (non-hydrogen) atoms. The SMILES string of the molecule is CCC(C)/C(C)=C\CCC/C=C(\C)c1cc(=O)n2cc(N3CCNCC3)ccc2n1. The number of pyridine rings is 1. The highest BCUT2D eigenvalue weighted by molar-refractivity contribution is 5.63. The third-order valence-corrected chi connectivity index (χ3v) is 6.24. The van der Waals surface area contributed by atoms with Gasteiger partial charge in [-0.1, -0.05) is 31.6 Å². The van der Waals surface area contributed by atoms with E-state index in [0.717, 1.165) is 62.4 Å². The number of nitrogens with zero attached hydrogens (tertiary/aromatic N) is 3. The van der Waals surface area contributed by atoms with Crippen molar-refractivity contribution in [3.05, 3.63) is 58.2 Å². The first-order chi connectivity index (χ1) is 14.5. The Labute approximate surface area is 180 Å². The first-order valence-electron chi connectivity index (χ1n) is 11.3. The van der Waals surface area contributed by atoms with Crippen LogP contribution in [-0.4, -0.2) is 35.6 Å². The van der Waals surface area contributed by atoms with Gasteiger partial charge in [-0.15, -0.1) is 0 Å². The van der Waals surface area contributed by atoms with Gasteiger partial charge in [0.15, 0.2) is 0 Å². The Balaban J connectivity index is 1.68. The van der Waals surface area contributed by atoms with Gasteiger partial charge >= 0.3 is 0 Å². The van der Waals surface area contributed by atoms with E-state index in [4.69, 9.17) is 4.98 Å². The van der Waals surface area contributed by atoms with Gasteiger partial charge in [0.2, 0.25) is 0 Å². The molecule has 0 aliphatic carbocycles. The summed E-state index contributed by atoms with van der Waals surface area (Å²) < 4.78 is 1.66. The third-order valence-electron chi connectivity index (χ3n) is 6.24. The van der Waals surface area contributed by atoms with Crippen LogP contribution in [0.2, 0.25) is 0 Å². The van der Waals surface area contributed by atoms with Gasteiger partial charge in [-0.25, -0.2) is 4.98 Å². The summed E-state index contributed by atoms with van der Waals surface area (Å²) in [5.41, 5.74) is 5.10. The summed E-state index contributed by atoms with van der Waals surface area (Å²) in [5.74, 6) is 0.671. The maximum Gasteiger partial charge on any atom is 0.258 e. The number of piperazine rings is 1. The number of nitrogens with one attached hydrogen (secondary N) is 1. The van der Waals surface area contributed by atoms with Gasteiger partial charge < -0.3 is 10.2 Å². The first-order valence-corrected chi connectivity index (χ1v) is 11.3. The molecule has 5 heteroatoms. The van der Waals surface area contributed by atoms with E-state index < -0.39 is 0 Å². The van der Waals surface area contributed by atoms with Crippen LogP contribution in [0.3, 0.4) is 0 Å². The normalized spacial score (nSPS) is 16.9. The van der Waals surface area contributed by atoms with Crippen molar-refractivity contribution in [2.24, 2.45) is 5.92 Å². The molecule has 1 atom stereocenters. The van der Waals surface area contributed by atoms with Crippen LogP contribution in [-0.2, 0) is 0 Å². The van der Waals surface area contributed by atoms with Crippen molar-refractivity contribution in [3.63, 3.8) is 0 Å². The molecule has 1 saturated heterocycles. The molecular formula is C25H36N4O. The van der Waals surface area contributed by atoms with Gasteiger partial charge in [0.1, 0.15) is 5.65 Å². The molecule has 0 amide bonds. The Kier molecular flexibility index (Phi) is 7.86. The predicted molar refractivity (Wildman–Crippen MR) is 127 cm³/mol. The topological polar surface area (TPSA) is 49.6 Å². The van der Waals surface area contributed by atoms with Gasteiger partial charge in [0.05, 0.1) is 11.4 Å². The van der Waals surface area contributed by atoms with Crippen molar-refractivity contribution in [3.8, 4) is 0 Å². The molecule has 2 aromatic rings. The van der Waals surface area contributed by atoms with Gasteiger partial charge in [-0.05, 0) is 63.2 Å². The number of aromatic nitrogens is 2. The average molecular weight is 409 g/mol. The average Bonchev–Trinajstić information content (AvgIpc) is 2.78. The van der Waals surface area contributed by atoms with E-state index in [1.807, 2.05) is 19.2 Å². The highest BCUT2D eigenvalue weighted by Crippen LogP contribution is 2.18. The van der Waals surface area contributed by atoms with Gasteiger partial charge in [0.25, 0.3) is 5.56 Å². The molecule has 1 fully saturated rings. The summed E-state index contributed by atoms with van der Waals surface area (Å²) in [5, 5.41) is 3.36. The molecule has 1 unspecified atom stereocenters. The van der Waals surface area contributed by atoms with Crippen LogP contribution in [0.15, 0.2) is 46.9 Å². The molecule has 1 N–H and O–H groups in total. The van der Waals surface area contributed by atoms with Crippen molar-refractivity contribution in [2.45, 2.75) is 53.4 Å². The summed E-state index contributed by atoms with van der Waals surface area (Å²) in [6, 6.07) is 5.69. The monoisotopic (exact) mass is 408 g/mol. The van der Waals surface area contributed by atoms with Crippen LogP contribution in [0.1, 0.15) is 59.1 Å². The fourth-order valence-electron chi connectivity index (χ4n) is 3.80. The number of rotatable bonds is 8. The fraction of sp³-hybridized carbons (Fsp3) is 0.520. The molecule has 0 spiro atoms. The standard InChI is InChI=1S/C25H36N4O/c1-5-19(2)20(3)9-7-6-8-10-21(4)23-17-25(30)29-18-22(11-12-24(29)27-23)28-15-13-26-14-16-28/h9-12,17-19,26H,5-8,13-16H2,1-4H3/b20-9-,21-10+. The Bertz CT molecular complexity index is 967. The van der Waals surface area contributed by atoms with Crippen LogP contribution >= 0.6 is 0 Å². The molecule has 5 nitrogen and oxygen atoms in total. The molecule has 1 aliphatic heterocycles. The summed E-state index contributed by atoms with van der Waals surface area (Å²) in [4.78, 5) is 19.8. The second-order valence-corrected chi connectivity index (χ2v) is 8.41. The zero-order chi connectivity index (χ0) is 21.5. The van der Waals surface area contributed by atoms with Crippen LogP contribution in [0, 0.1) is 5.92 Å². The van der Waals surface area contributed by atoms with Gasteiger partial charge in [-0.2, -0.15) is 0 Å². The largest absolute Gasteiger partial charge is 0.368 e.